The molecule has 2 N–H and O–H groups in total. The minimum atomic E-state index is 0. The number of piperazine rings is 1. The Kier molecular flexibility index (Phi) is 14.1. The molecule has 0 spiro atoms. The van der Waals surface area contributed by atoms with Crippen LogP contribution in [0.25, 0.3) is 0 Å². The Bertz CT molecular complexity index is 509. The van der Waals surface area contributed by atoms with E-state index >= 15 is 0 Å². The third-order valence-electron chi connectivity index (χ3n) is 4.88. The zero-order chi connectivity index (χ0) is 16.6. The highest BCUT2D eigenvalue weighted by Crippen LogP contribution is 2.27. The first-order chi connectivity index (χ1) is 11.8. The number of rotatable bonds is 9. The summed E-state index contributed by atoms with van der Waals surface area (Å²) in [5.41, 5.74) is 1.39. The minimum absolute atomic E-state index is 0. The summed E-state index contributed by atoms with van der Waals surface area (Å²) in [6.07, 6.45) is 2.65. The van der Waals surface area contributed by atoms with Crippen molar-refractivity contribution in [2.75, 3.05) is 52.4 Å². The van der Waals surface area contributed by atoms with Crippen LogP contribution in [0.1, 0.15) is 18.4 Å². The van der Waals surface area contributed by atoms with Crippen molar-refractivity contribution in [1.82, 2.24) is 20.4 Å². The van der Waals surface area contributed by atoms with Gasteiger partial charge in [0.1, 0.15) is 0 Å². The SMILES string of the molecule is Cl.Cl.Cl.O=C(CNCC1CC1)NCCN1CCN(Cc2ccccc2)CC1. The lowest BCUT2D eigenvalue weighted by atomic mass is 10.2. The minimum Gasteiger partial charge on any atom is -0.354 e. The first kappa shape index (κ1) is 26.4. The molecule has 1 aromatic rings. The average Bonchev–Trinajstić information content (AvgIpc) is 3.42. The second-order valence-electron chi connectivity index (χ2n) is 7.03. The molecule has 0 radical (unpaired) electrons. The van der Waals surface area contributed by atoms with Gasteiger partial charge in [0.2, 0.25) is 5.91 Å². The van der Waals surface area contributed by atoms with Gasteiger partial charge in [0.25, 0.3) is 0 Å². The first-order valence-electron chi connectivity index (χ1n) is 9.25. The highest BCUT2D eigenvalue weighted by atomic mass is 35.5. The molecule has 8 heteroatoms. The van der Waals surface area contributed by atoms with Gasteiger partial charge in [0.05, 0.1) is 6.54 Å². The van der Waals surface area contributed by atoms with Crippen molar-refractivity contribution < 1.29 is 4.79 Å². The van der Waals surface area contributed by atoms with Crippen LogP contribution in [-0.2, 0) is 11.3 Å². The normalized spacial score (nSPS) is 17.2. The number of nitrogens with one attached hydrogen (secondary N) is 2. The predicted molar refractivity (Wildman–Crippen MR) is 119 cm³/mol. The summed E-state index contributed by atoms with van der Waals surface area (Å²) in [4.78, 5) is 16.7. The largest absolute Gasteiger partial charge is 0.354 e. The molecule has 2 fully saturated rings. The number of carbonyl (C=O) groups excluding carboxylic acids is 1. The van der Waals surface area contributed by atoms with Gasteiger partial charge in [-0.25, -0.2) is 0 Å². The van der Waals surface area contributed by atoms with Crippen molar-refractivity contribution in [1.29, 1.82) is 0 Å². The van der Waals surface area contributed by atoms with E-state index in [0.29, 0.717) is 6.54 Å². The molecule has 5 nitrogen and oxygen atoms in total. The monoisotopic (exact) mass is 438 g/mol. The number of halogens is 3. The molecule has 1 heterocycles. The van der Waals surface area contributed by atoms with Gasteiger partial charge >= 0.3 is 0 Å². The predicted octanol–water partition coefficient (Wildman–Crippen LogP) is 2.19. The van der Waals surface area contributed by atoms with E-state index in [1.165, 1.54) is 18.4 Å². The first-order valence-corrected chi connectivity index (χ1v) is 9.25. The molecule has 0 unspecified atom stereocenters. The molecule has 1 amide bonds. The van der Waals surface area contributed by atoms with Gasteiger partial charge < -0.3 is 10.6 Å². The van der Waals surface area contributed by atoms with E-state index in [0.717, 1.165) is 58.3 Å². The van der Waals surface area contributed by atoms with Gasteiger partial charge in [-0.05, 0) is 30.9 Å². The summed E-state index contributed by atoms with van der Waals surface area (Å²) in [5, 5.41) is 6.25. The number of hydrogen-bond donors (Lipinski definition) is 2. The summed E-state index contributed by atoms with van der Waals surface area (Å²) < 4.78 is 0. The third-order valence-corrected chi connectivity index (χ3v) is 4.88. The van der Waals surface area contributed by atoms with Crippen molar-refractivity contribution in [3.05, 3.63) is 35.9 Å². The third kappa shape index (κ3) is 10.5. The molecule has 1 saturated heterocycles. The van der Waals surface area contributed by atoms with Crippen molar-refractivity contribution in [2.24, 2.45) is 5.92 Å². The van der Waals surface area contributed by atoms with Crippen LogP contribution in [0.3, 0.4) is 0 Å². The Morgan fingerprint density at radius 1 is 0.963 bits per heavy atom. The maximum atomic E-state index is 11.7. The molecule has 3 rings (SSSR count). The molecular weight excluding hydrogens is 407 g/mol. The van der Waals surface area contributed by atoms with E-state index in [1.807, 2.05) is 0 Å². The maximum absolute atomic E-state index is 11.7. The van der Waals surface area contributed by atoms with Gasteiger partial charge in [-0.15, -0.1) is 37.2 Å². The van der Waals surface area contributed by atoms with Crippen molar-refractivity contribution in [2.45, 2.75) is 19.4 Å². The quantitative estimate of drug-likeness (QED) is 0.619. The molecule has 156 valence electrons. The second kappa shape index (κ2) is 14.4. The van der Waals surface area contributed by atoms with E-state index in [1.54, 1.807) is 0 Å². The maximum Gasteiger partial charge on any atom is 0.234 e. The van der Waals surface area contributed by atoms with Crippen LogP contribution in [0.5, 0.6) is 0 Å². The zero-order valence-corrected chi connectivity index (χ0v) is 18.2. The molecule has 1 aromatic carbocycles. The van der Waals surface area contributed by atoms with Crippen LogP contribution in [0, 0.1) is 5.92 Å². The van der Waals surface area contributed by atoms with Gasteiger partial charge in [0.15, 0.2) is 0 Å². The molecule has 1 aliphatic heterocycles. The Hall–Kier alpha value is -0.560. The molecule has 0 atom stereocenters. The fourth-order valence-electron chi connectivity index (χ4n) is 3.14. The van der Waals surface area contributed by atoms with Crippen molar-refractivity contribution in [3.8, 4) is 0 Å². The van der Waals surface area contributed by atoms with Gasteiger partial charge in [-0.3, -0.25) is 14.6 Å². The summed E-state index contributed by atoms with van der Waals surface area (Å²) in [7, 11) is 0. The Morgan fingerprint density at radius 2 is 1.59 bits per heavy atom. The van der Waals surface area contributed by atoms with Gasteiger partial charge in [-0.2, -0.15) is 0 Å². The highest BCUT2D eigenvalue weighted by Gasteiger charge is 2.20. The van der Waals surface area contributed by atoms with Gasteiger partial charge in [-0.1, -0.05) is 30.3 Å². The van der Waals surface area contributed by atoms with Crippen LogP contribution in [-0.4, -0.2) is 68.1 Å². The number of hydrogen-bond acceptors (Lipinski definition) is 4. The molecular formula is C19H33Cl3N4O. The summed E-state index contributed by atoms with van der Waals surface area (Å²) in [6, 6.07) is 10.7. The Labute approximate surface area is 181 Å². The standard InChI is InChI=1S/C19H30N4O.3ClH/c24-19(15-20-14-17-6-7-17)21-8-9-22-10-12-23(13-11-22)16-18-4-2-1-3-5-18;;;/h1-5,17,20H,6-16H2,(H,21,24);3*1H. The molecule has 0 aromatic heterocycles. The van der Waals surface area contributed by atoms with Crippen molar-refractivity contribution >= 4 is 43.1 Å². The topological polar surface area (TPSA) is 47.6 Å². The van der Waals surface area contributed by atoms with Crippen LogP contribution >= 0.6 is 37.2 Å². The lowest BCUT2D eigenvalue weighted by Crippen LogP contribution is -2.48. The fourth-order valence-corrected chi connectivity index (χ4v) is 3.14. The number of amides is 1. The number of carbonyl (C=O) groups is 1. The lowest BCUT2D eigenvalue weighted by Gasteiger charge is -2.34. The van der Waals surface area contributed by atoms with Gasteiger partial charge in [0, 0.05) is 45.8 Å². The second-order valence-corrected chi connectivity index (χ2v) is 7.03. The lowest BCUT2D eigenvalue weighted by molar-refractivity contribution is -0.120. The highest BCUT2D eigenvalue weighted by molar-refractivity contribution is 5.86. The molecule has 1 aliphatic carbocycles. The van der Waals surface area contributed by atoms with E-state index in [-0.39, 0.29) is 43.1 Å². The smallest absolute Gasteiger partial charge is 0.234 e. The Balaban J connectivity index is 0.00000225. The average molecular weight is 440 g/mol. The van der Waals surface area contributed by atoms with Crippen LogP contribution in [0.4, 0.5) is 0 Å². The summed E-state index contributed by atoms with van der Waals surface area (Å²) in [5.74, 6) is 0.948. The van der Waals surface area contributed by atoms with Crippen LogP contribution in [0.2, 0.25) is 0 Å². The molecule has 1 saturated carbocycles. The Morgan fingerprint density at radius 3 is 2.22 bits per heavy atom. The fraction of sp³-hybridized carbons (Fsp3) is 0.632. The molecule has 0 bridgehead atoms. The van der Waals surface area contributed by atoms with E-state index < -0.39 is 0 Å². The van der Waals surface area contributed by atoms with Crippen LogP contribution < -0.4 is 10.6 Å². The van der Waals surface area contributed by atoms with E-state index in [9.17, 15) is 4.79 Å². The van der Waals surface area contributed by atoms with E-state index in [2.05, 4.69) is 50.8 Å². The summed E-state index contributed by atoms with van der Waals surface area (Å²) in [6.45, 7) is 8.58. The number of nitrogens with zero attached hydrogens (tertiary/aromatic N) is 2. The molecule has 2 aliphatic rings. The number of benzene rings is 1. The zero-order valence-electron chi connectivity index (χ0n) is 15.8. The summed E-state index contributed by atoms with van der Waals surface area (Å²) >= 11 is 0. The molecule has 27 heavy (non-hydrogen) atoms. The van der Waals surface area contributed by atoms with E-state index in [4.69, 9.17) is 0 Å². The van der Waals surface area contributed by atoms with Crippen LogP contribution in [0.15, 0.2) is 30.3 Å². The van der Waals surface area contributed by atoms with Crippen molar-refractivity contribution in [3.63, 3.8) is 0 Å².